The first-order valence-corrected chi connectivity index (χ1v) is 9.83. The number of aromatic nitrogens is 1. The number of pyridine rings is 1. The van der Waals surface area contributed by atoms with E-state index in [9.17, 15) is 5.26 Å². The van der Waals surface area contributed by atoms with Crippen molar-refractivity contribution in [2.45, 2.75) is 19.3 Å². The monoisotopic (exact) mass is 359 g/mol. The van der Waals surface area contributed by atoms with Gasteiger partial charge in [-0.25, -0.2) is 0 Å². The molecule has 0 aliphatic carbocycles. The highest BCUT2D eigenvalue weighted by Gasteiger charge is 2.24. The Kier molecular flexibility index (Phi) is 5.70. The Morgan fingerprint density at radius 1 is 1.36 bits per heavy atom. The fraction of sp³-hybridized carbons (Fsp3) is 0.444. The van der Waals surface area contributed by atoms with Crippen LogP contribution in [-0.4, -0.2) is 41.1 Å². The van der Waals surface area contributed by atoms with E-state index in [2.05, 4.69) is 16.0 Å². The van der Waals surface area contributed by atoms with Crippen LogP contribution in [0, 0.1) is 17.2 Å². The van der Waals surface area contributed by atoms with Crippen LogP contribution in [0.15, 0.2) is 24.4 Å². The summed E-state index contributed by atoms with van der Waals surface area (Å²) in [5, 5.41) is 10.5. The minimum absolute atomic E-state index is 0.485. The number of benzene rings is 1. The Balaban J connectivity index is 1.87. The van der Waals surface area contributed by atoms with Crippen molar-refractivity contribution in [3.63, 3.8) is 0 Å². The molecule has 1 fully saturated rings. The average Bonchev–Trinajstić information content (AvgIpc) is 2.65. The zero-order valence-corrected chi connectivity index (χ0v) is 15.1. The molecule has 3 rings (SSSR count). The van der Waals surface area contributed by atoms with Crippen molar-refractivity contribution in [1.82, 2.24) is 4.98 Å². The number of anilines is 1. The molecule has 2 aromatic rings. The lowest BCUT2D eigenvalue weighted by Crippen LogP contribution is -2.34. The van der Waals surface area contributed by atoms with Crippen LogP contribution in [0.4, 0.5) is 5.69 Å². The summed E-state index contributed by atoms with van der Waals surface area (Å²) in [6.07, 6.45) is 4.93. The first-order chi connectivity index (χ1) is 12.1. The second-order valence-corrected chi connectivity index (χ2v) is 7.50. The quantitative estimate of drug-likeness (QED) is 0.798. The van der Waals surface area contributed by atoms with Gasteiger partial charge in [0.05, 0.1) is 18.4 Å². The van der Waals surface area contributed by atoms with Crippen molar-refractivity contribution in [1.29, 1.82) is 5.26 Å². The first-order valence-electron chi connectivity index (χ1n) is 8.40. The predicted molar refractivity (Wildman–Crippen MR) is 98.8 cm³/mol. The normalized spacial score (nSPS) is 15.6. The molecule has 0 atom stereocenters. The fourth-order valence-corrected chi connectivity index (χ4v) is 4.11. The number of ether oxygens (including phenoxy) is 1. The molecule has 1 saturated heterocycles. The lowest BCUT2D eigenvalue weighted by molar-refractivity contribution is 0.387. The minimum Gasteiger partial charge on any atom is -0.494 e. The highest BCUT2D eigenvalue weighted by atomic mass is 31.2. The zero-order valence-electron chi connectivity index (χ0n) is 14.2. The zero-order chi connectivity index (χ0) is 17.8. The Morgan fingerprint density at radius 3 is 2.76 bits per heavy atom. The molecule has 6 nitrogen and oxygen atoms in total. The van der Waals surface area contributed by atoms with Crippen LogP contribution in [-0.2, 0) is 0 Å². The van der Waals surface area contributed by atoms with E-state index in [0.717, 1.165) is 48.9 Å². The predicted octanol–water partition coefficient (Wildman–Crippen LogP) is 3.02. The molecule has 1 aliphatic rings. The molecule has 0 unspecified atom stereocenters. The fourth-order valence-electron chi connectivity index (χ4n) is 3.51. The van der Waals surface area contributed by atoms with E-state index >= 15 is 0 Å². The van der Waals surface area contributed by atoms with Crippen LogP contribution < -0.4 is 9.64 Å². The maximum absolute atomic E-state index is 9.53. The van der Waals surface area contributed by atoms with Gasteiger partial charge in [-0.05, 0) is 31.2 Å². The van der Waals surface area contributed by atoms with E-state index in [-0.39, 0.29) is 0 Å². The number of nitrogens with zero attached hydrogens (tertiary/aromatic N) is 3. The maximum atomic E-state index is 9.53. The molecular weight excluding hydrogens is 337 g/mol. The molecule has 0 bridgehead atoms. The molecule has 0 spiro atoms. The number of methoxy groups -OCH3 is 1. The number of piperidine rings is 1. The number of hydrogen-bond acceptors (Lipinski definition) is 6. The number of rotatable bonds is 5. The molecule has 0 radical (unpaired) electrons. The Labute approximate surface area is 148 Å². The average molecular weight is 359 g/mol. The van der Waals surface area contributed by atoms with E-state index in [1.54, 1.807) is 13.3 Å². The minimum atomic E-state index is -1.80. The number of hydrogen-bond donors (Lipinski definition) is 2. The molecule has 7 heteroatoms. The maximum Gasteiger partial charge on any atom is 0.164 e. The summed E-state index contributed by atoms with van der Waals surface area (Å²) in [4.78, 5) is 24.9. The molecular formula is C18H22N3O3P. The number of para-hydroxylation sites is 1. The Bertz CT molecular complexity index is 783. The number of nitriles is 1. The van der Waals surface area contributed by atoms with E-state index in [1.807, 2.05) is 18.2 Å². The van der Waals surface area contributed by atoms with E-state index in [1.165, 1.54) is 0 Å². The van der Waals surface area contributed by atoms with Crippen LogP contribution in [0.25, 0.3) is 10.9 Å². The van der Waals surface area contributed by atoms with Crippen molar-refractivity contribution < 1.29 is 14.5 Å². The first kappa shape index (κ1) is 17.9. The van der Waals surface area contributed by atoms with Crippen molar-refractivity contribution >= 4 is 25.0 Å². The van der Waals surface area contributed by atoms with Gasteiger partial charge in [0.2, 0.25) is 0 Å². The van der Waals surface area contributed by atoms with Crippen LogP contribution in [0.3, 0.4) is 0 Å². The van der Waals surface area contributed by atoms with Gasteiger partial charge in [0.1, 0.15) is 17.3 Å². The van der Waals surface area contributed by atoms with Gasteiger partial charge < -0.3 is 19.4 Å². The van der Waals surface area contributed by atoms with Gasteiger partial charge in [0, 0.05) is 30.8 Å². The SMILES string of the molecule is COc1cccc2c(N3CCC(CCP(O)O)CC3)c(C#N)cnc12. The highest BCUT2D eigenvalue weighted by molar-refractivity contribution is 7.45. The van der Waals surface area contributed by atoms with Crippen LogP contribution in [0.2, 0.25) is 0 Å². The van der Waals surface area contributed by atoms with Gasteiger partial charge in [-0.2, -0.15) is 5.26 Å². The summed E-state index contributed by atoms with van der Waals surface area (Å²) in [6.45, 7) is 1.70. The third kappa shape index (κ3) is 3.85. The topological polar surface area (TPSA) is 89.6 Å². The molecule has 25 heavy (non-hydrogen) atoms. The van der Waals surface area contributed by atoms with Gasteiger partial charge in [0.15, 0.2) is 8.38 Å². The third-order valence-electron chi connectivity index (χ3n) is 4.84. The van der Waals surface area contributed by atoms with Gasteiger partial charge in [0.25, 0.3) is 0 Å². The lowest BCUT2D eigenvalue weighted by Gasteiger charge is -2.34. The van der Waals surface area contributed by atoms with E-state index in [4.69, 9.17) is 14.5 Å². The van der Waals surface area contributed by atoms with Gasteiger partial charge in [-0.15, -0.1) is 0 Å². The smallest absolute Gasteiger partial charge is 0.164 e. The molecule has 1 aliphatic heterocycles. The molecule has 0 amide bonds. The van der Waals surface area contributed by atoms with Crippen molar-refractivity contribution in [2.75, 3.05) is 31.3 Å². The second kappa shape index (κ2) is 7.97. The van der Waals surface area contributed by atoms with Crippen LogP contribution in [0.5, 0.6) is 5.75 Å². The third-order valence-corrected chi connectivity index (χ3v) is 5.50. The Hall–Kier alpha value is -1.93. The summed E-state index contributed by atoms with van der Waals surface area (Å²) in [5.74, 6) is 1.21. The van der Waals surface area contributed by atoms with E-state index < -0.39 is 8.38 Å². The summed E-state index contributed by atoms with van der Waals surface area (Å²) in [5.41, 5.74) is 2.28. The molecule has 1 aromatic carbocycles. The van der Waals surface area contributed by atoms with Crippen molar-refractivity contribution in [2.24, 2.45) is 5.92 Å². The molecule has 0 saturated carbocycles. The second-order valence-electron chi connectivity index (χ2n) is 6.30. The standard InChI is InChI=1S/C18H22N3O3P/c1-24-16-4-2-3-15-17(16)20-12-14(11-19)18(15)21-8-5-13(6-9-21)7-10-25(22)23/h2-4,12-13,22-23H,5-10H2,1H3. The molecule has 2 N–H and O–H groups in total. The van der Waals surface area contributed by atoms with Gasteiger partial charge >= 0.3 is 0 Å². The van der Waals surface area contributed by atoms with Gasteiger partial charge in [-0.3, -0.25) is 4.98 Å². The van der Waals surface area contributed by atoms with Crippen LogP contribution in [0.1, 0.15) is 24.8 Å². The molecule has 1 aromatic heterocycles. The van der Waals surface area contributed by atoms with E-state index in [0.29, 0.717) is 23.4 Å². The highest BCUT2D eigenvalue weighted by Crippen LogP contribution is 2.37. The summed E-state index contributed by atoms with van der Waals surface area (Å²) in [6, 6.07) is 8.05. The lowest BCUT2D eigenvalue weighted by atomic mass is 9.93. The van der Waals surface area contributed by atoms with Crippen molar-refractivity contribution in [3.05, 3.63) is 30.0 Å². The summed E-state index contributed by atoms with van der Waals surface area (Å²) in [7, 11) is -0.174. The van der Waals surface area contributed by atoms with Crippen molar-refractivity contribution in [3.8, 4) is 11.8 Å². The van der Waals surface area contributed by atoms with Crippen LogP contribution >= 0.6 is 8.38 Å². The molecule has 2 heterocycles. The largest absolute Gasteiger partial charge is 0.494 e. The van der Waals surface area contributed by atoms with Gasteiger partial charge in [-0.1, -0.05) is 12.1 Å². The Morgan fingerprint density at radius 2 is 2.12 bits per heavy atom. The summed E-state index contributed by atoms with van der Waals surface area (Å²) >= 11 is 0. The number of fused-ring (bicyclic) bond motifs is 1. The summed E-state index contributed by atoms with van der Waals surface area (Å²) < 4.78 is 5.41. The molecule has 132 valence electrons.